The maximum atomic E-state index is 12.9. The lowest BCUT2D eigenvalue weighted by Crippen LogP contribution is -2.08. The van der Waals surface area contributed by atoms with E-state index in [1.807, 2.05) is 22.8 Å². The smallest absolute Gasteiger partial charge is 0.183 e. The highest BCUT2D eigenvalue weighted by atomic mass is 79.9. The molecule has 6 heteroatoms. The minimum absolute atomic E-state index is 0.143. The molecule has 0 N–H and O–H groups in total. The van der Waals surface area contributed by atoms with E-state index in [-0.39, 0.29) is 12.7 Å². The summed E-state index contributed by atoms with van der Waals surface area (Å²) in [7, 11) is 0. The summed E-state index contributed by atoms with van der Waals surface area (Å²) in [6.07, 6.45) is 1.58. The summed E-state index contributed by atoms with van der Waals surface area (Å²) in [5, 5.41) is 8.20. The van der Waals surface area contributed by atoms with Crippen LogP contribution >= 0.6 is 15.9 Å². The normalized spacial score (nSPS) is 18.4. The number of aromatic nitrogens is 4. The highest BCUT2D eigenvalue weighted by Gasteiger charge is 2.27. The van der Waals surface area contributed by atoms with E-state index in [1.165, 1.54) is 0 Å². The molecule has 0 bridgehead atoms. The van der Waals surface area contributed by atoms with Crippen LogP contribution in [-0.4, -0.2) is 26.4 Å². The Morgan fingerprint density at radius 2 is 2.29 bits per heavy atom. The van der Waals surface area contributed by atoms with Gasteiger partial charge < -0.3 is 4.57 Å². The highest BCUT2D eigenvalue weighted by Crippen LogP contribution is 2.30. The first-order valence-corrected chi connectivity index (χ1v) is 6.21. The molecular weight excluding hydrogens is 287 g/mol. The van der Waals surface area contributed by atoms with Crippen LogP contribution in [0.15, 0.2) is 22.8 Å². The van der Waals surface area contributed by atoms with E-state index in [9.17, 15) is 4.39 Å². The van der Waals surface area contributed by atoms with Crippen LogP contribution in [0.2, 0.25) is 0 Å². The van der Waals surface area contributed by atoms with Gasteiger partial charge in [-0.05, 0) is 34.5 Å². The van der Waals surface area contributed by atoms with Crippen molar-refractivity contribution in [2.24, 2.45) is 0 Å². The van der Waals surface area contributed by atoms with Gasteiger partial charge in [0.15, 0.2) is 5.82 Å². The zero-order chi connectivity index (χ0) is 11.8. The minimum atomic E-state index is -0.383. The van der Waals surface area contributed by atoms with Crippen molar-refractivity contribution in [1.82, 2.24) is 19.7 Å². The lowest BCUT2D eigenvalue weighted by Gasteiger charge is -2.10. The van der Waals surface area contributed by atoms with Crippen LogP contribution in [-0.2, 0) is 6.42 Å². The molecule has 0 amide bonds. The third-order valence-electron chi connectivity index (χ3n) is 2.96. The van der Waals surface area contributed by atoms with Gasteiger partial charge >= 0.3 is 0 Å². The molecule has 0 fully saturated rings. The fourth-order valence-electron chi connectivity index (χ4n) is 2.16. The highest BCUT2D eigenvalue weighted by molar-refractivity contribution is 9.10. The molecule has 1 aliphatic rings. The molecular formula is C11H10BrFN4. The molecule has 1 atom stereocenters. The van der Waals surface area contributed by atoms with E-state index in [0.29, 0.717) is 5.82 Å². The molecule has 17 heavy (non-hydrogen) atoms. The van der Waals surface area contributed by atoms with Crippen molar-refractivity contribution in [2.45, 2.75) is 18.9 Å². The van der Waals surface area contributed by atoms with Gasteiger partial charge in [-0.3, -0.25) is 0 Å². The molecule has 0 radical (unpaired) electrons. The van der Waals surface area contributed by atoms with Crippen molar-refractivity contribution in [3.8, 4) is 11.5 Å². The number of alkyl halides is 1. The number of hydrogen-bond acceptors (Lipinski definition) is 3. The molecule has 1 aliphatic heterocycles. The Morgan fingerprint density at radius 3 is 3.06 bits per heavy atom. The summed E-state index contributed by atoms with van der Waals surface area (Å²) in [6.45, 7) is -0.383. The monoisotopic (exact) mass is 296 g/mol. The van der Waals surface area contributed by atoms with Gasteiger partial charge in [0.2, 0.25) is 0 Å². The largest absolute Gasteiger partial charge is 0.304 e. The Labute approximate surface area is 106 Å². The second kappa shape index (κ2) is 4.18. The summed E-state index contributed by atoms with van der Waals surface area (Å²) in [4.78, 5) is 4.33. The molecule has 3 rings (SSSR count). The van der Waals surface area contributed by atoms with Gasteiger partial charge in [0.1, 0.15) is 22.8 Å². The van der Waals surface area contributed by atoms with Crippen molar-refractivity contribution < 1.29 is 4.39 Å². The summed E-state index contributed by atoms with van der Waals surface area (Å²) in [6, 6.07) is 5.44. The zero-order valence-corrected chi connectivity index (χ0v) is 10.6. The molecule has 0 aliphatic carbocycles. The quantitative estimate of drug-likeness (QED) is 0.800. The van der Waals surface area contributed by atoms with Crippen molar-refractivity contribution in [2.75, 3.05) is 6.67 Å². The Morgan fingerprint density at radius 1 is 1.41 bits per heavy atom. The van der Waals surface area contributed by atoms with Gasteiger partial charge in [0.25, 0.3) is 0 Å². The van der Waals surface area contributed by atoms with E-state index in [0.717, 1.165) is 29.0 Å². The van der Waals surface area contributed by atoms with E-state index in [4.69, 9.17) is 0 Å². The predicted octanol–water partition coefficient (Wildman–Crippen LogP) is 2.56. The first-order valence-electron chi connectivity index (χ1n) is 5.42. The summed E-state index contributed by atoms with van der Waals surface area (Å²) < 4.78 is 15.5. The van der Waals surface area contributed by atoms with E-state index < -0.39 is 0 Å². The van der Waals surface area contributed by atoms with Crippen molar-refractivity contribution in [3.05, 3.63) is 28.6 Å². The minimum Gasteiger partial charge on any atom is -0.304 e. The fourth-order valence-corrected chi connectivity index (χ4v) is 2.50. The van der Waals surface area contributed by atoms with Crippen LogP contribution in [0.4, 0.5) is 4.39 Å². The molecule has 0 aromatic carbocycles. The third-order valence-corrected chi connectivity index (χ3v) is 3.40. The number of halogens is 2. The molecule has 4 nitrogen and oxygen atoms in total. The van der Waals surface area contributed by atoms with Crippen molar-refractivity contribution in [3.63, 3.8) is 0 Å². The van der Waals surface area contributed by atoms with Crippen LogP contribution in [0.3, 0.4) is 0 Å². The standard InChI is InChI=1S/C11H10BrFN4/c12-9-3-1-2-8(14-9)11-16-15-10-5-4-7(6-13)17(10)11/h1-3,7H,4-6H2/t7-/m1/s1. The SMILES string of the molecule is FC[C@H]1CCc2nnc(-c3cccc(Br)n3)n21. The lowest BCUT2D eigenvalue weighted by molar-refractivity contribution is 0.368. The first kappa shape index (κ1) is 10.8. The number of aryl methyl sites for hydroxylation is 1. The lowest BCUT2D eigenvalue weighted by atomic mass is 10.2. The number of nitrogens with zero attached hydrogens (tertiary/aromatic N) is 4. The molecule has 2 aromatic heterocycles. The van der Waals surface area contributed by atoms with Crippen molar-refractivity contribution in [1.29, 1.82) is 0 Å². The van der Waals surface area contributed by atoms with E-state index in [2.05, 4.69) is 31.1 Å². The predicted molar refractivity (Wildman–Crippen MR) is 64.3 cm³/mol. The molecule has 0 unspecified atom stereocenters. The summed E-state index contributed by atoms with van der Waals surface area (Å²) >= 11 is 3.32. The van der Waals surface area contributed by atoms with Gasteiger partial charge in [-0.1, -0.05) is 6.07 Å². The Kier molecular flexibility index (Phi) is 2.66. The van der Waals surface area contributed by atoms with E-state index >= 15 is 0 Å². The number of fused-ring (bicyclic) bond motifs is 1. The Bertz CT molecular complexity index is 554. The Balaban J connectivity index is 2.11. The second-order valence-electron chi connectivity index (χ2n) is 4.00. The van der Waals surface area contributed by atoms with Crippen LogP contribution in [0.25, 0.3) is 11.5 Å². The molecule has 3 heterocycles. The van der Waals surface area contributed by atoms with Gasteiger partial charge in [-0.15, -0.1) is 10.2 Å². The third kappa shape index (κ3) is 1.76. The summed E-state index contributed by atoms with van der Waals surface area (Å²) in [5.41, 5.74) is 0.721. The molecule has 88 valence electrons. The first-order chi connectivity index (χ1) is 8.29. The summed E-state index contributed by atoms with van der Waals surface area (Å²) in [5.74, 6) is 1.51. The average Bonchev–Trinajstić information content (AvgIpc) is 2.89. The van der Waals surface area contributed by atoms with Gasteiger partial charge in [-0.2, -0.15) is 0 Å². The average molecular weight is 297 g/mol. The zero-order valence-electron chi connectivity index (χ0n) is 8.98. The van der Waals surface area contributed by atoms with Crippen LogP contribution in [0, 0.1) is 0 Å². The number of hydrogen-bond donors (Lipinski definition) is 0. The second-order valence-corrected chi connectivity index (χ2v) is 4.81. The maximum absolute atomic E-state index is 12.9. The van der Waals surface area contributed by atoms with Crippen LogP contribution in [0.5, 0.6) is 0 Å². The molecule has 0 saturated carbocycles. The molecule has 0 spiro atoms. The van der Waals surface area contributed by atoms with Crippen LogP contribution < -0.4 is 0 Å². The van der Waals surface area contributed by atoms with Crippen LogP contribution in [0.1, 0.15) is 18.3 Å². The molecule has 0 saturated heterocycles. The van der Waals surface area contributed by atoms with Gasteiger partial charge in [0.05, 0.1) is 6.04 Å². The fraction of sp³-hybridized carbons (Fsp3) is 0.364. The topological polar surface area (TPSA) is 43.6 Å². The number of rotatable bonds is 2. The van der Waals surface area contributed by atoms with Gasteiger partial charge in [0, 0.05) is 6.42 Å². The van der Waals surface area contributed by atoms with Crippen molar-refractivity contribution >= 4 is 15.9 Å². The van der Waals surface area contributed by atoms with Gasteiger partial charge in [-0.25, -0.2) is 9.37 Å². The van der Waals surface area contributed by atoms with E-state index in [1.54, 1.807) is 0 Å². The number of pyridine rings is 1. The maximum Gasteiger partial charge on any atom is 0.183 e. The Hall–Kier alpha value is -1.30. The molecule has 2 aromatic rings.